The van der Waals surface area contributed by atoms with E-state index in [0.717, 1.165) is 17.2 Å². The summed E-state index contributed by atoms with van der Waals surface area (Å²) in [5.74, 6) is 1.51. The SMILES string of the molecule is CSCC[C@H](N)C(=O)Nc1ccc(OC(C)(C)C)cc1. The smallest absolute Gasteiger partial charge is 0.241 e. The second-order valence-corrected chi connectivity index (χ2v) is 6.60. The van der Waals surface area contributed by atoms with E-state index < -0.39 is 6.04 Å². The van der Waals surface area contributed by atoms with Crippen LogP contribution in [0.25, 0.3) is 0 Å². The van der Waals surface area contributed by atoms with E-state index in [4.69, 9.17) is 10.5 Å². The van der Waals surface area contributed by atoms with E-state index in [1.807, 2.05) is 51.3 Å². The van der Waals surface area contributed by atoms with Crippen molar-refractivity contribution in [2.75, 3.05) is 17.3 Å². The first-order valence-electron chi connectivity index (χ1n) is 6.66. The molecule has 3 N–H and O–H groups in total. The molecule has 0 fully saturated rings. The first-order chi connectivity index (χ1) is 9.31. The van der Waals surface area contributed by atoms with Crippen molar-refractivity contribution in [1.82, 2.24) is 0 Å². The summed E-state index contributed by atoms with van der Waals surface area (Å²) in [5.41, 5.74) is 6.32. The van der Waals surface area contributed by atoms with Crippen LogP contribution in [0.1, 0.15) is 27.2 Å². The molecular formula is C15H24N2O2S. The van der Waals surface area contributed by atoms with Crippen molar-refractivity contribution in [3.05, 3.63) is 24.3 Å². The number of thioether (sulfide) groups is 1. The molecular weight excluding hydrogens is 272 g/mol. The van der Waals surface area contributed by atoms with Gasteiger partial charge in [0.1, 0.15) is 11.4 Å². The van der Waals surface area contributed by atoms with Crippen LogP contribution in [0.2, 0.25) is 0 Å². The fourth-order valence-corrected chi connectivity index (χ4v) is 2.06. The Hall–Kier alpha value is -1.20. The number of rotatable bonds is 6. The summed E-state index contributed by atoms with van der Waals surface area (Å²) in [6, 6.07) is 6.86. The molecule has 0 saturated carbocycles. The second-order valence-electron chi connectivity index (χ2n) is 5.62. The molecule has 112 valence electrons. The molecule has 0 radical (unpaired) electrons. The lowest BCUT2D eigenvalue weighted by atomic mass is 10.2. The van der Waals surface area contributed by atoms with Gasteiger partial charge in [0.2, 0.25) is 5.91 Å². The topological polar surface area (TPSA) is 64.4 Å². The molecule has 0 spiro atoms. The van der Waals surface area contributed by atoms with E-state index in [-0.39, 0.29) is 11.5 Å². The number of nitrogens with one attached hydrogen (secondary N) is 1. The number of ether oxygens (including phenoxy) is 1. The molecule has 20 heavy (non-hydrogen) atoms. The maximum absolute atomic E-state index is 11.9. The molecule has 0 aliphatic rings. The van der Waals surface area contributed by atoms with Crippen molar-refractivity contribution in [3.63, 3.8) is 0 Å². The molecule has 0 aliphatic carbocycles. The number of hydrogen-bond donors (Lipinski definition) is 2. The monoisotopic (exact) mass is 296 g/mol. The Bertz CT molecular complexity index is 426. The van der Waals surface area contributed by atoms with Crippen molar-refractivity contribution in [3.8, 4) is 5.75 Å². The lowest BCUT2D eigenvalue weighted by Gasteiger charge is -2.21. The molecule has 0 bridgehead atoms. The van der Waals surface area contributed by atoms with E-state index in [9.17, 15) is 4.79 Å². The van der Waals surface area contributed by atoms with Crippen LogP contribution < -0.4 is 15.8 Å². The van der Waals surface area contributed by atoms with Gasteiger partial charge in [0, 0.05) is 5.69 Å². The Balaban J connectivity index is 2.55. The van der Waals surface area contributed by atoms with Crippen LogP contribution in [0.3, 0.4) is 0 Å². The molecule has 5 heteroatoms. The molecule has 0 aliphatic heterocycles. The number of nitrogens with two attached hydrogens (primary N) is 1. The number of carbonyl (C=O) groups excluding carboxylic acids is 1. The highest BCUT2D eigenvalue weighted by Gasteiger charge is 2.14. The first kappa shape index (κ1) is 16.9. The van der Waals surface area contributed by atoms with E-state index in [0.29, 0.717) is 6.42 Å². The molecule has 1 atom stereocenters. The van der Waals surface area contributed by atoms with Crippen molar-refractivity contribution in [1.29, 1.82) is 0 Å². The normalized spacial score (nSPS) is 12.8. The predicted octanol–water partition coefficient (Wildman–Crippen LogP) is 2.88. The fraction of sp³-hybridized carbons (Fsp3) is 0.533. The zero-order valence-electron chi connectivity index (χ0n) is 12.6. The molecule has 1 amide bonds. The number of benzene rings is 1. The van der Waals surface area contributed by atoms with Crippen molar-refractivity contribution in [2.24, 2.45) is 5.73 Å². The standard InChI is InChI=1S/C15H24N2O2S/c1-15(2,3)19-12-7-5-11(6-8-12)17-14(18)13(16)9-10-20-4/h5-8,13H,9-10,16H2,1-4H3,(H,17,18)/t13-/m0/s1. The van der Waals surface area contributed by atoms with Gasteiger partial charge in [-0.3, -0.25) is 4.79 Å². The van der Waals surface area contributed by atoms with Crippen molar-refractivity contribution < 1.29 is 9.53 Å². The molecule has 1 aromatic carbocycles. The minimum Gasteiger partial charge on any atom is -0.488 e. The Labute approximate surface area is 125 Å². The summed E-state index contributed by atoms with van der Waals surface area (Å²) in [7, 11) is 0. The van der Waals surface area contributed by atoms with Gasteiger partial charge >= 0.3 is 0 Å². The Morgan fingerprint density at radius 2 is 1.95 bits per heavy atom. The minimum atomic E-state index is -0.465. The Kier molecular flexibility index (Phi) is 6.36. The summed E-state index contributed by atoms with van der Waals surface area (Å²) in [6.07, 6.45) is 2.68. The van der Waals surface area contributed by atoms with Crippen molar-refractivity contribution >= 4 is 23.4 Å². The Morgan fingerprint density at radius 1 is 1.35 bits per heavy atom. The molecule has 1 rings (SSSR count). The number of carbonyl (C=O) groups is 1. The van der Waals surface area contributed by atoms with Gasteiger partial charge in [-0.15, -0.1) is 0 Å². The maximum Gasteiger partial charge on any atom is 0.241 e. The fourth-order valence-electron chi connectivity index (χ4n) is 1.57. The van der Waals surface area contributed by atoms with Crippen LogP contribution in [0.4, 0.5) is 5.69 Å². The maximum atomic E-state index is 11.9. The van der Waals surface area contributed by atoms with Gasteiger partial charge in [0.05, 0.1) is 6.04 Å². The summed E-state index contributed by atoms with van der Waals surface area (Å²) in [5, 5.41) is 2.81. The van der Waals surface area contributed by atoms with Crippen molar-refractivity contribution in [2.45, 2.75) is 38.8 Å². The van der Waals surface area contributed by atoms with E-state index >= 15 is 0 Å². The second kappa shape index (κ2) is 7.55. The Morgan fingerprint density at radius 3 is 2.45 bits per heavy atom. The molecule has 0 saturated heterocycles. The molecule has 4 nitrogen and oxygen atoms in total. The van der Waals surface area contributed by atoms with Gasteiger partial charge in [0.15, 0.2) is 0 Å². The molecule has 0 unspecified atom stereocenters. The highest BCUT2D eigenvalue weighted by molar-refractivity contribution is 7.98. The van der Waals surface area contributed by atoms with E-state index in [1.54, 1.807) is 11.8 Å². The first-order valence-corrected chi connectivity index (χ1v) is 8.05. The van der Waals surface area contributed by atoms with Gasteiger partial charge < -0.3 is 15.8 Å². The molecule has 1 aromatic rings. The van der Waals surface area contributed by atoms with Gasteiger partial charge in [-0.1, -0.05) is 0 Å². The summed E-state index contributed by atoms with van der Waals surface area (Å²) < 4.78 is 5.72. The largest absolute Gasteiger partial charge is 0.488 e. The van der Waals surface area contributed by atoms with Crippen LogP contribution in [0.5, 0.6) is 5.75 Å². The molecule has 0 aromatic heterocycles. The minimum absolute atomic E-state index is 0.150. The third-order valence-corrected chi connectivity index (χ3v) is 3.16. The summed E-state index contributed by atoms with van der Waals surface area (Å²) >= 11 is 1.68. The lowest BCUT2D eigenvalue weighted by Crippen LogP contribution is -2.36. The third kappa shape index (κ3) is 6.30. The third-order valence-electron chi connectivity index (χ3n) is 2.52. The van der Waals surface area contributed by atoms with Crippen LogP contribution in [-0.2, 0) is 4.79 Å². The number of anilines is 1. The van der Waals surface area contributed by atoms with E-state index in [2.05, 4.69) is 5.32 Å². The summed E-state index contributed by atoms with van der Waals surface area (Å²) in [6.45, 7) is 5.98. The van der Waals surface area contributed by atoms with Gasteiger partial charge in [-0.25, -0.2) is 0 Å². The van der Waals surface area contributed by atoms with Crippen LogP contribution in [-0.4, -0.2) is 29.6 Å². The average Bonchev–Trinajstić information content (AvgIpc) is 2.36. The van der Waals surface area contributed by atoms with Gasteiger partial charge in [-0.2, -0.15) is 11.8 Å². The predicted molar refractivity (Wildman–Crippen MR) is 86.4 cm³/mol. The average molecular weight is 296 g/mol. The highest BCUT2D eigenvalue weighted by atomic mass is 32.2. The highest BCUT2D eigenvalue weighted by Crippen LogP contribution is 2.20. The van der Waals surface area contributed by atoms with Gasteiger partial charge in [-0.05, 0) is 63.5 Å². The van der Waals surface area contributed by atoms with E-state index in [1.165, 1.54) is 0 Å². The lowest BCUT2D eigenvalue weighted by molar-refractivity contribution is -0.117. The quantitative estimate of drug-likeness (QED) is 0.847. The van der Waals surface area contributed by atoms with Gasteiger partial charge in [0.25, 0.3) is 0 Å². The zero-order valence-corrected chi connectivity index (χ0v) is 13.4. The number of hydrogen-bond acceptors (Lipinski definition) is 4. The van der Waals surface area contributed by atoms with Crippen LogP contribution >= 0.6 is 11.8 Å². The zero-order chi connectivity index (χ0) is 15.2. The van der Waals surface area contributed by atoms with Crippen LogP contribution in [0.15, 0.2) is 24.3 Å². The van der Waals surface area contributed by atoms with Crippen LogP contribution in [0, 0.1) is 0 Å². The number of amides is 1. The summed E-state index contributed by atoms with van der Waals surface area (Å²) in [4.78, 5) is 11.9. The molecule has 0 heterocycles.